The molecule has 1 aromatic rings. The van der Waals surface area contributed by atoms with Crippen LogP contribution in [-0.4, -0.2) is 22.8 Å². The molecule has 0 saturated heterocycles. The minimum atomic E-state index is -4.13. The molecule has 0 radical (unpaired) electrons. The summed E-state index contributed by atoms with van der Waals surface area (Å²) in [5.74, 6) is 0. The average molecular weight is 285 g/mol. The third-order valence-corrected chi connectivity index (χ3v) is 1.84. The lowest BCUT2D eigenvalue weighted by Gasteiger charge is -2.06. The van der Waals surface area contributed by atoms with Crippen molar-refractivity contribution in [2.45, 2.75) is 19.0 Å². The number of halogens is 4. The highest BCUT2D eigenvalue weighted by molar-refractivity contribution is 9.10. The van der Waals surface area contributed by atoms with Gasteiger partial charge in [-0.3, -0.25) is 0 Å². The molecule has 0 amide bonds. The van der Waals surface area contributed by atoms with Gasteiger partial charge in [0, 0.05) is 18.8 Å². The monoisotopic (exact) mass is 284 g/mol. The third kappa shape index (κ3) is 5.56. The highest BCUT2D eigenvalue weighted by atomic mass is 79.9. The Hall–Kier alpha value is -0.850. The van der Waals surface area contributed by atoms with Gasteiger partial charge in [0.25, 0.3) is 0 Å². The van der Waals surface area contributed by atoms with E-state index in [-0.39, 0.29) is 19.0 Å². The van der Waals surface area contributed by atoms with Gasteiger partial charge in [-0.25, -0.2) is 9.97 Å². The molecule has 0 spiro atoms. The van der Waals surface area contributed by atoms with Gasteiger partial charge in [-0.15, -0.1) is 0 Å². The van der Waals surface area contributed by atoms with E-state index in [1.165, 1.54) is 12.4 Å². The molecule has 0 unspecified atom stereocenters. The van der Waals surface area contributed by atoms with Crippen LogP contribution in [-0.2, 0) is 0 Å². The van der Waals surface area contributed by atoms with Crippen molar-refractivity contribution in [1.82, 2.24) is 9.97 Å². The van der Waals surface area contributed by atoms with Gasteiger partial charge in [-0.1, -0.05) is 0 Å². The second kappa shape index (κ2) is 5.29. The van der Waals surface area contributed by atoms with Crippen molar-refractivity contribution in [3.8, 4) is 6.01 Å². The summed E-state index contributed by atoms with van der Waals surface area (Å²) in [6.07, 6.45) is -2.16. The Bertz CT molecular complexity index is 302. The molecule has 84 valence electrons. The van der Waals surface area contributed by atoms with Gasteiger partial charge in [0.1, 0.15) is 0 Å². The van der Waals surface area contributed by atoms with Crippen LogP contribution < -0.4 is 4.74 Å². The maximum Gasteiger partial charge on any atom is 0.389 e. The summed E-state index contributed by atoms with van der Waals surface area (Å²) in [4.78, 5) is 7.50. The van der Waals surface area contributed by atoms with Gasteiger partial charge in [-0.2, -0.15) is 13.2 Å². The molecule has 7 heteroatoms. The van der Waals surface area contributed by atoms with Crippen molar-refractivity contribution in [3.05, 3.63) is 16.9 Å². The molecule has 0 aliphatic carbocycles. The minimum Gasteiger partial charge on any atom is -0.463 e. The number of aromatic nitrogens is 2. The SMILES string of the molecule is FC(F)(F)CCCOc1ncc(Br)cn1. The van der Waals surface area contributed by atoms with E-state index >= 15 is 0 Å². The van der Waals surface area contributed by atoms with Gasteiger partial charge >= 0.3 is 12.2 Å². The summed E-state index contributed by atoms with van der Waals surface area (Å²) in [5.41, 5.74) is 0. The Kier molecular flexibility index (Phi) is 4.31. The summed E-state index contributed by atoms with van der Waals surface area (Å²) in [7, 11) is 0. The molecule has 0 aliphatic rings. The third-order valence-electron chi connectivity index (χ3n) is 1.43. The maximum atomic E-state index is 11.7. The molecule has 0 aliphatic heterocycles. The number of rotatable bonds is 4. The number of ether oxygens (including phenoxy) is 1. The predicted molar refractivity (Wildman–Crippen MR) is 50.5 cm³/mol. The van der Waals surface area contributed by atoms with Crippen LogP contribution in [0, 0.1) is 0 Å². The van der Waals surface area contributed by atoms with Crippen LogP contribution in [0.1, 0.15) is 12.8 Å². The fraction of sp³-hybridized carbons (Fsp3) is 0.500. The summed E-state index contributed by atoms with van der Waals surface area (Å²) in [5, 5.41) is 0. The molecule has 0 saturated carbocycles. The number of alkyl halides is 3. The lowest BCUT2D eigenvalue weighted by molar-refractivity contribution is -0.136. The fourth-order valence-corrected chi connectivity index (χ4v) is 1.02. The lowest BCUT2D eigenvalue weighted by Crippen LogP contribution is -2.10. The van der Waals surface area contributed by atoms with E-state index in [0.717, 1.165) is 0 Å². The van der Waals surface area contributed by atoms with Crippen LogP contribution >= 0.6 is 15.9 Å². The molecule has 0 aromatic carbocycles. The lowest BCUT2D eigenvalue weighted by atomic mass is 10.3. The Morgan fingerprint density at radius 3 is 2.40 bits per heavy atom. The van der Waals surface area contributed by atoms with Gasteiger partial charge in [0.05, 0.1) is 11.1 Å². The molecule has 1 aromatic heterocycles. The summed E-state index contributed by atoms with van der Waals surface area (Å²) >= 11 is 3.12. The minimum absolute atomic E-state index is 0.0405. The van der Waals surface area contributed by atoms with Crippen molar-refractivity contribution in [2.75, 3.05) is 6.61 Å². The normalized spacial score (nSPS) is 11.5. The van der Waals surface area contributed by atoms with Crippen LogP contribution in [0.2, 0.25) is 0 Å². The topological polar surface area (TPSA) is 35.0 Å². The van der Waals surface area contributed by atoms with Crippen LogP contribution in [0.25, 0.3) is 0 Å². The van der Waals surface area contributed by atoms with Crippen LogP contribution in [0.5, 0.6) is 6.01 Å². The molecule has 0 fully saturated rings. The van der Waals surface area contributed by atoms with Crippen molar-refractivity contribution in [1.29, 1.82) is 0 Å². The summed E-state index contributed by atoms with van der Waals surface area (Å²) in [6.45, 7) is -0.0405. The molecule has 0 bridgehead atoms. The second-order valence-corrected chi connectivity index (χ2v) is 3.67. The van der Waals surface area contributed by atoms with Crippen LogP contribution in [0.3, 0.4) is 0 Å². The zero-order valence-electron chi connectivity index (χ0n) is 7.59. The molecule has 0 atom stereocenters. The first-order chi connectivity index (χ1) is 6.97. The zero-order chi connectivity index (χ0) is 11.3. The van der Waals surface area contributed by atoms with Crippen LogP contribution in [0.4, 0.5) is 13.2 Å². The summed E-state index contributed by atoms with van der Waals surface area (Å²) < 4.78 is 40.8. The largest absolute Gasteiger partial charge is 0.463 e. The van der Waals surface area contributed by atoms with Crippen molar-refractivity contribution < 1.29 is 17.9 Å². The predicted octanol–water partition coefficient (Wildman–Crippen LogP) is 2.96. The number of hydrogen-bond donors (Lipinski definition) is 0. The highest BCUT2D eigenvalue weighted by Gasteiger charge is 2.26. The quantitative estimate of drug-likeness (QED) is 0.798. The Morgan fingerprint density at radius 1 is 1.27 bits per heavy atom. The highest BCUT2D eigenvalue weighted by Crippen LogP contribution is 2.21. The number of nitrogens with zero attached hydrogens (tertiary/aromatic N) is 2. The zero-order valence-corrected chi connectivity index (χ0v) is 9.18. The van der Waals surface area contributed by atoms with Crippen molar-refractivity contribution in [3.63, 3.8) is 0 Å². The van der Waals surface area contributed by atoms with Crippen LogP contribution in [0.15, 0.2) is 16.9 Å². The van der Waals surface area contributed by atoms with E-state index in [2.05, 4.69) is 25.9 Å². The maximum absolute atomic E-state index is 11.7. The average Bonchev–Trinajstić information content (AvgIpc) is 2.14. The van der Waals surface area contributed by atoms with Crippen molar-refractivity contribution in [2.24, 2.45) is 0 Å². The second-order valence-electron chi connectivity index (χ2n) is 2.75. The first kappa shape index (κ1) is 12.2. The smallest absolute Gasteiger partial charge is 0.389 e. The molecular formula is C8H8BrF3N2O. The van der Waals surface area contributed by atoms with E-state index in [9.17, 15) is 13.2 Å². The van der Waals surface area contributed by atoms with E-state index in [1.54, 1.807) is 0 Å². The van der Waals surface area contributed by atoms with E-state index in [0.29, 0.717) is 4.47 Å². The molecule has 15 heavy (non-hydrogen) atoms. The molecule has 1 heterocycles. The van der Waals surface area contributed by atoms with Gasteiger partial charge in [0.15, 0.2) is 0 Å². The Labute approximate surface area is 92.8 Å². The van der Waals surface area contributed by atoms with E-state index in [1.807, 2.05) is 0 Å². The van der Waals surface area contributed by atoms with E-state index < -0.39 is 12.6 Å². The number of hydrogen-bond acceptors (Lipinski definition) is 3. The van der Waals surface area contributed by atoms with Gasteiger partial charge in [0.2, 0.25) is 0 Å². The fourth-order valence-electron chi connectivity index (χ4n) is 0.811. The van der Waals surface area contributed by atoms with E-state index in [4.69, 9.17) is 4.74 Å². The van der Waals surface area contributed by atoms with Gasteiger partial charge in [-0.05, 0) is 22.4 Å². The Balaban J connectivity index is 2.23. The first-order valence-corrected chi connectivity index (χ1v) is 4.94. The standard InChI is InChI=1S/C8H8BrF3N2O/c9-6-4-13-7(14-5-6)15-3-1-2-8(10,11)12/h4-5H,1-3H2. The van der Waals surface area contributed by atoms with Gasteiger partial charge < -0.3 is 4.74 Å². The Morgan fingerprint density at radius 2 is 1.87 bits per heavy atom. The first-order valence-electron chi connectivity index (χ1n) is 4.14. The molecular weight excluding hydrogens is 277 g/mol. The molecule has 0 N–H and O–H groups in total. The summed E-state index contributed by atoms with van der Waals surface area (Å²) in [6, 6.07) is 0.0837. The molecule has 1 rings (SSSR count). The van der Waals surface area contributed by atoms with Crippen molar-refractivity contribution >= 4 is 15.9 Å². The molecule has 3 nitrogen and oxygen atoms in total.